The zero-order chi connectivity index (χ0) is 17.8. The topological polar surface area (TPSA) is 45.2 Å². The molecule has 8 heteroatoms. The number of benzene rings is 2. The second-order valence-electron chi connectivity index (χ2n) is 5.80. The van der Waals surface area contributed by atoms with E-state index in [1.807, 2.05) is 18.2 Å². The molecule has 0 radical (unpaired) electrons. The lowest BCUT2D eigenvalue weighted by atomic mass is 10.1. The molecule has 0 atom stereocenters. The van der Waals surface area contributed by atoms with Crippen molar-refractivity contribution in [2.24, 2.45) is 0 Å². The number of nitrogens with one attached hydrogen (secondary N) is 1. The zero-order valence-corrected chi connectivity index (χ0v) is 13.8. The van der Waals surface area contributed by atoms with Gasteiger partial charge in [0.2, 0.25) is 5.91 Å². The van der Waals surface area contributed by atoms with E-state index < -0.39 is 11.7 Å². The summed E-state index contributed by atoms with van der Waals surface area (Å²) in [5, 5.41) is 3.61. The number of nitrogens with zero attached hydrogens (tertiary/aromatic N) is 2. The monoisotopic (exact) mass is 363 g/mol. The van der Waals surface area contributed by atoms with Gasteiger partial charge in [-0.2, -0.15) is 13.2 Å². The summed E-state index contributed by atoms with van der Waals surface area (Å²) in [6, 6.07) is 9.06. The maximum atomic E-state index is 12.8. The first-order valence-electron chi connectivity index (χ1n) is 7.45. The number of fused-ring (bicyclic) bond motifs is 2. The van der Waals surface area contributed by atoms with Crippen molar-refractivity contribution >= 4 is 44.0 Å². The molecule has 2 aromatic carbocycles. The van der Waals surface area contributed by atoms with Crippen LogP contribution in [-0.4, -0.2) is 17.9 Å². The lowest BCUT2D eigenvalue weighted by molar-refractivity contribution is -0.137. The Kier molecular flexibility index (Phi) is 3.47. The molecule has 1 aromatic heterocycles. The summed E-state index contributed by atoms with van der Waals surface area (Å²) in [6.07, 6.45) is -4.04. The van der Waals surface area contributed by atoms with Gasteiger partial charge >= 0.3 is 6.18 Å². The molecule has 0 saturated carbocycles. The molecular formula is C17H12F3N3OS. The predicted octanol–water partition coefficient (Wildman–Crippen LogP) is 4.58. The minimum atomic E-state index is -4.38. The quantitative estimate of drug-likeness (QED) is 0.725. The number of likely N-dealkylation sites (N-methyl/N-ethyl adjacent to an activating group) is 1. The Bertz CT molecular complexity index is 996. The first-order chi connectivity index (χ1) is 11.8. The van der Waals surface area contributed by atoms with Gasteiger partial charge in [-0.1, -0.05) is 11.3 Å². The highest BCUT2D eigenvalue weighted by molar-refractivity contribution is 7.22. The van der Waals surface area contributed by atoms with Gasteiger partial charge in [0.15, 0.2) is 5.13 Å². The van der Waals surface area contributed by atoms with Crippen LogP contribution in [0.5, 0.6) is 0 Å². The van der Waals surface area contributed by atoms with Gasteiger partial charge < -0.3 is 10.2 Å². The molecule has 25 heavy (non-hydrogen) atoms. The number of aromatic nitrogens is 1. The number of hydrogen-bond donors (Lipinski definition) is 1. The van der Waals surface area contributed by atoms with E-state index in [2.05, 4.69) is 10.3 Å². The highest BCUT2D eigenvalue weighted by Gasteiger charge is 2.30. The summed E-state index contributed by atoms with van der Waals surface area (Å²) in [6.45, 7) is 0. The van der Waals surface area contributed by atoms with Crippen molar-refractivity contribution in [2.75, 3.05) is 17.3 Å². The minimum Gasteiger partial charge on any atom is -0.332 e. The molecular weight excluding hydrogens is 351 g/mol. The van der Waals surface area contributed by atoms with Crippen LogP contribution in [0, 0.1) is 0 Å². The summed E-state index contributed by atoms with van der Waals surface area (Å²) in [5.41, 5.74) is 2.12. The first kappa shape index (κ1) is 15.9. The fourth-order valence-electron chi connectivity index (χ4n) is 2.83. The lowest BCUT2D eigenvalue weighted by Gasteiger charge is -2.10. The zero-order valence-electron chi connectivity index (χ0n) is 13.0. The van der Waals surface area contributed by atoms with Crippen LogP contribution in [0.25, 0.3) is 10.2 Å². The highest BCUT2D eigenvalue weighted by Crippen LogP contribution is 2.36. The van der Waals surface area contributed by atoms with E-state index in [0.29, 0.717) is 21.8 Å². The van der Waals surface area contributed by atoms with E-state index >= 15 is 0 Å². The van der Waals surface area contributed by atoms with Crippen LogP contribution in [0.1, 0.15) is 11.1 Å². The molecule has 4 rings (SSSR count). The SMILES string of the molecule is CN1C(=O)Cc2cc(Nc3nc4cc(C(F)(F)F)ccc4s3)ccc21. The van der Waals surface area contributed by atoms with Crippen LogP contribution in [0.15, 0.2) is 36.4 Å². The number of thiazole rings is 1. The molecule has 0 saturated heterocycles. The third-order valence-electron chi connectivity index (χ3n) is 4.12. The smallest absolute Gasteiger partial charge is 0.332 e. The number of anilines is 3. The van der Waals surface area contributed by atoms with Crippen molar-refractivity contribution in [2.45, 2.75) is 12.6 Å². The molecule has 0 spiro atoms. The van der Waals surface area contributed by atoms with Crippen LogP contribution in [-0.2, 0) is 17.4 Å². The average molecular weight is 363 g/mol. The molecule has 128 valence electrons. The number of alkyl halides is 3. The average Bonchev–Trinajstić information content (AvgIpc) is 3.06. The molecule has 3 aromatic rings. The van der Waals surface area contributed by atoms with Gasteiger partial charge in [-0.3, -0.25) is 4.79 Å². The van der Waals surface area contributed by atoms with Crippen molar-refractivity contribution in [3.8, 4) is 0 Å². The van der Waals surface area contributed by atoms with E-state index in [0.717, 1.165) is 29.1 Å². The second-order valence-corrected chi connectivity index (χ2v) is 6.83. The maximum Gasteiger partial charge on any atom is 0.416 e. The predicted molar refractivity (Wildman–Crippen MR) is 91.5 cm³/mol. The third-order valence-corrected chi connectivity index (χ3v) is 5.07. The summed E-state index contributed by atoms with van der Waals surface area (Å²) in [7, 11) is 1.73. The van der Waals surface area contributed by atoms with E-state index in [-0.39, 0.29) is 5.91 Å². The second kappa shape index (κ2) is 5.45. The van der Waals surface area contributed by atoms with E-state index in [1.54, 1.807) is 11.9 Å². The number of carbonyl (C=O) groups excluding carboxylic acids is 1. The van der Waals surface area contributed by atoms with Crippen LogP contribution < -0.4 is 10.2 Å². The standard InChI is InChI=1S/C17H12F3N3OS/c1-23-13-4-3-11(6-9(13)7-15(23)24)21-16-22-12-8-10(17(18,19)20)2-5-14(12)25-16/h2-6,8H,7H2,1H3,(H,21,22). The summed E-state index contributed by atoms with van der Waals surface area (Å²) < 4.78 is 39.0. The normalized spacial score (nSPS) is 14.2. The largest absolute Gasteiger partial charge is 0.416 e. The van der Waals surface area contributed by atoms with Gasteiger partial charge in [-0.05, 0) is 42.0 Å². The van der Waals surface area contributed by atoms with Crippen molar-refractivity contribution in [1.29, 1.82) is 0 Å². The van der Waals surface area contributed by atoms with Crippen molar-refractivity contribution in [1.82, 2.24) is 4.98 Å². The highest BCUT2D eigenvalue weighted by atomic mass is 32.1. The number of hydrogen-bond acceptors (Lipinski definition) is 4. The number of halogens is 3. The van der Waals surface area contributed by atoms with Crippen LogP contribution in [0.2, 0.25) is 0 Å². The Labute approximate surface area is 144 Å². The van der Waals surface area contributed by atoms with Crippen LogP contribution >= 0.6 is 11.3 Å². The van der Waals surface area contributed by atoms with E-state index in [4.69, 9.17) is 0 Å². The lowest BCUT2D eigenvalue weighted by Crippen LogP contribution is -2.20. The molecule has 4 nitrogen and oxygen atoms in total. The maximum absolute atomic E-state index is 12.8. The molecule has 0 unspecified atom stereocenters. The fraction of sp³-hybridized carbons (Fsp3) is 0.176. The van der Waals surface area contributed by atoms with Crippen molar-refractivity contribution < 1.29 is 18.0 Å². The van der Waals surface area contributed by atoms with Gasteiger partial charge in [-0.15, -0.1) is 0 Å². The van der Waals surface area contributed by atoms with Gasteiger partial charge in [0.1, 0.15) is 0 Å². The fourth-order valence-corrected chi connectivity index (χ4v) is 3.70. The molecule has 2 heterocycles. The van der Waals surface area contributed by atoms with Gasteiger partial charge in [0, 0.05) is 18.4 Å². The molecule has 1 amide bonds. The molecule has 1 N–H and O–H groups in total. The van der Waals surface area contributed by atoms with Crippen molar-refractivity contribution in [3.05, 3.63) is 47.5 Å². The summed E-state index contributed by atoms with van der Waals surface area (Å²) in [4.78, 5) is 17.6. The van der Waals surface area contributed by atoms with Crippen molar-refractivity contribution in [3.63, 3.8) is 0 Å². The molecule has 1 aliphatic heterocycles. The van der Waals surface area contributed by atoms with E-state index in [1.165, 1.54) is 17.4 Å². The minimum absolute atomic E-state index is 0.0341. The van der Waals surface area contributed by atoms with Crippen LogP contribution in [0.4, 0.5) is 29.7 Å². The first-order valence-corrected chi connectivity index (χ1v) is 8.27. The van der Waals surface area contributed by atoms with Gasteiger partial charge in [-0.25, -0.2) is 4.98 Å². The molecule has 1 aliphatic rings. The van der Waals surface area contributed by atoms with Gasteiger partial charge in [0.05, 0.1) is 22.2 Å². The Hall–Kier alpha value is -2.61. The van der Waals surface area contributed by atoms with E-state index in [9.17, 15) is 18.0 Å². The third kappa shape index (κ3) is 2.82. The summed E-state index contributed by atoms with van der Waals surface area (Å²) in [5.74, 6) is 0.0341. The summed E-state index contributed by atoms with van der Waals surface area (Å²) >= 11 is 1.28. The number of carbonyl (C=O) groups is 1. The Balaban J connectivity index is 1.63. The Morgan fingerprint density at radius 2 is 2.00 bits per heavy atom. The van der Waals surface area contributed by atoms with Crippen LogP contribution in [0.3, 0.4) is 0 Å². The molecule has 0 bridgehead atoms. The Morgan fingerprint density at radius 1 is 1.20 bits per heavy atom. The Morgan fingerprint density at radius 3 is 2.76 bits per heavy atom. The number of amides is 1. The van der Waals surface area contributed by atoms with Gasteiger partial charge in [0.25, 0.3) is 0 Å². The number of rotatable bonds is 2. The molecule has 0 aliphatic carbocycles. The molecule has 0 fully saturated rings.